The van der Waals surface area contributed by atoms with Gasteiger partial charge in [-0.15, -0.1) is 5.56 Å². The van der Waals surface area contributed by atoms with Gasteiger partial charge in [0, 0.05) is 0 Å². The molecular formula is C22H23Cl3Ti. The smallest absolute Gasteiger partial charge is 1.00 e. The standard InChI is InChI=1S/C22H23.3ClH.Ti/c1-3-11-18-12-10-17-21(18)22(2,19-13-6-4-7-14-19)20-15-8-5-9-16-20;;;;/h4-10,12-17H,3,11H2,1-2H3;3*1H;/q-1;;;;+4/p-3. The second-order valence-corrected chi connectivity index (χ2v) is 6.07. The van der Waals surface area contributed by atoms with E-state index in [9.17, 15) is 0 Å². The summed E-state index contributed by atoms with van der Waals surface area (Å²) in [6, 6.07) is 28.5. The molecule has 0 bridgehead atoms. The molecule has 0 heterocycles. The van der Waals surface area contributed by atoms with Gasteiger partial charge in [0.15, 0.2) is 0 Å². The predicted octanol–water partition coefficient (Wildman–Crippen LogP) is -3.28. The van der Waals surface area contributed by atoms with E-state index in [2.05, 4.69) is 92.7 Å². The Kier molecular flexibility index (Phi) is 13.5. The Morgan fingerprint density at radius 1 is 0.731 bits per heavy atom. The number of halogens is 3. The van der Waals surface area contributed by atoms with Crippen molar-refractivity contribution in [2.24, 2.45) is 0 Å². The van der Waals surface area contributed by atoms with Crippen molar-refractivity contribution < 1.29 is 58.9 Å². The van der Waals surface area contributed by atoms with Gasteiger partial charge in [-0.3, -0.25) is 0 Å². The molecule has 0 amide bonds. The molecule has 136 valence electrons. The molecule has 0 aliphatic rings. The van der Waals surface area contributed by atoms with Crippen molar-refractivity contribution in [3.63, 3.8) is 0 Å². The van der Waals surface area contributed by atoms with Gasteiger partial charge < -0.3 is 37.2 Å². The summed E-state index contributed by atoms with van der Waals surface area (Å²) in [7, 11) is 0. The molecule has 26 heavy (non-hydrogen) atoms. The summed E-state index contributed by atoms with van der Waals surface area (Å²) < 4.78 is 0. The molecule has 0 unspecified atom stereocenters. The number of benzene rings is 2. The van der Waals surface area contributed by atoms with Crippen LogP contribution < -0.4 is 37.2 Å². The molecule has 0 atom stereocenters. The van der Waals surface area contributed by atoms with E-state index in [-0.39, 0.29) is 64.4 Å². The van der Waals surface area contributed by atoms with Crippen molar-refractivity contribution in [3.8, 4) is 0 Å². The molecule has 0 radical (unpaired) electrons. The second kappa shape index (κ2) is 12.7. The molecule has 4 heteroatoms. The second-order valence-electron chi connectivity index (χ2n) is 6.07. The fourth-order valence-corrected chi connectivity index (χ4v) is 3.45. The van der Waals surface area contributed by atoms with Gasteiger partial charge in [0.2, 0.25) is 0 Å². The van der Waals surface area contributed by atoms with Crippen LogP contribution in [-0.4, -0.2) is 0 Å². The number of hydrogen-bond donors (Lipinski definition) is 0. The zero-order valence-corrected chi connectivity index (χ0v) is 18.9. The zero-order valence-electron chi connectivity index (χ0n) is 15.1. The minimum atomic E-state index is -0.101. The van der Waals surface area contributed by atoms with Crippen molar-refractivity contribution in [1.29, 1.82) is 0 Å². The van der Waals surface area contributed by atoms with Crippen molar-refractivity contribution in [1.82, 2.24) is 0 Å². The fraction of sp³-hybridized carbons (Fsp3) is 0.227. The summed E-state index contributed by atoms with van der Waals surface area (Å²) in [6.45, 7) is 4.60. The Hall–Kier alpha value is -0.626. The number of hydrogen-bond acceptors (Lipinski definition) is 0. The summed E-state index contributed by atoms with van der Waals surface area (Å²) in [6.07, 6.45) is 2.31. The number of aryl methyl sites for hydroxylation is 1. The summed E-state index contributed by atoms with van der Waals surface area (Å²) in [5.41, 5.74) is 5.51. The molecule has 0 fully saturated rings. The van der Waals surface area contributed by atoms with Gasteiger partial charge in [0.05, 0.1) is 0 Å². The minimum absolute atomic E-state index is 0. The van der Waals surface area contributed by atoms with Crippen LogP contribution in [0.1, 0.15) is 42.5 Å². The third-order valence-corrected chi connectivity index (χ3v) is 4.67. The first-order valence-corrected chi connectivity index (χ1v) is 8.13. The maximum atomic E-state index is 2.35. The number of rotatable bonds is 5. The van der Waals surface area contributed by atoms with Crippen LogP contribution >= 0.6 is 0 Å². The van der Waals surface area contributed by atoms with Crippen molar-refractivity contribution in [2.75, 3.05) is 0 Å². The van der Waals surface area contributed by atoms with Crippen LogP contribution in [0.15, 0.2) is 78.9 Å². The molecule has 3 aromatic rings. The molecule has 3 aromatic carbocycles. The van der Waals surface area contributed by atoms with E-state index >= 15 is 0 Å². The molecule has 0 aliphatic heterocycles. The van der Waals surface area contributed by atoms with Gasteiger partial charge in [-0.2, -0.15) is 11.6 Å². The Bertz CT molecular complexity index is 684. The van der Waals surface area contributed by atoms with Gasteiger partial charge >= 0.3 is 21.7 Å². The third-order valence-electron chi connectivity index (χ3n) is 4.67. The normalized spacial score (nSPS) is 9.77. The van der Waals surface area contributed by atoms with Gasteiger partial charge in [-0.1, -0.05) is 87.4 Å². The van der Waals surface area contributed by atoms with E-state index in [0.29, 0.717) is 0 Å². The predicted molar refractivity (Wildman–Crippen MR) is 94.5 cm³/mol. The van der Waals surface area contributed by atoms with E-state index in [1.807, 2.05) is 0 Å². The largest absolute Gasteiger partial charge is 4.00 e. The molecule has 0 saturated carbocycles. The van der Waals surface area contributed by atoms with Crippen LogP contribution in [0.25, 0.3) is 0 Å². The monoisotopic (exact) mass is 440 g/mol. The molecule has 0 N–H and O–H groups in total. The Morgan fingerprint density at radius 2 is 1.19 bits per heavy atom. The van der Waals surface area contributed by atoms with Crippen molar-refractivity contribution in [3.05, 3.63) is 101 Å². The Labute approximate surface area is 191 Å². The van der Waals surface area contributed by atoms with Crippen molar-refractivity contribution >= 4 is 0 Å². The summed E-state index contributed by atoms with van der Waals surface area (Å²) in [5.74, 6) is 0. The zero-order chi connectivity index (χ0) is 15.4. The van der Waals surface area contributed by atoms with E-state index in [4.69, 9.17) is 0 Å². The Balaban J connectivity index is 0. The molecule has 0 aromatic heterocycles. The van der Waals surface area contributed by atoms with Crippen LogP contribution in [0.5, 0.6) is 0 Å². The topological polar surface area (TPSA) is 0 Å². The maximum Gasteiger partial charge on any atom is 4.00 e. The average molecular weight is 442 g/mol. The maximum absolute atomic E-state index is 2.35. The van der Waals surface area contributed by atoms with Crippen molar-refractivity contribution in [2.45, 2.75) is 32.1 Å². The van der Waals surface area contributed by atoms with Crippen LogP contribution in [0.4, 0.5) is 0 Å². The van der Waals surface area contributed by atoms with Crippen LogP contribution in [-0.2, 0) is 33.6 Å². The molecular weight excluding hydrogens is 418 g/mol. The van der Waals surface area contributed by atoms with E-state index in [1.165, 1.54) is 28.7 Å². The molecule has 0 aliphatic carbocycles. The third kappa shape index (κ3) is 5.44. The molecule has 0 spiro atoms. The van der Waals surface area contributed by atoms with Crippen LogP contribution in [0.2, 0.25) is 0 Å². The molecule has 0 saturated heterocycles. The first kappa shape index (κ1) is 27.6. The average Bonchev–Trinajstić information content (AvgIpc) is 3.05. The summed E-state index contributed by atoms with van der Waals surface area (Å²) in [4.78, 5) is 0. The first-order chi connectivity index (χ1) is 10.8. The quantitative estimate of drug-likeness (QED) is 0.288. The van der Waals surface area contributed by atoms with Crippen LogP contribution in [0.3, 0.4) is 0 Å². The first-order valence-electron chi connectivity index (χ1n) is 8.13. The van der Waals surface area contributed by atoms with Gasteiger partial charge in [-0.25, -0.2) is 12.1 Å². The Morgan fingerprint density at radius 3 is 1.62 bits per heavy atom. The summed E-state index contributed by atoms with van der Waals surface area (Å²) >= 11 is 0. The SMILES string of the molecule is CCCc1ccc[c-]1C(C)(c1ccccc1)c1ccccc1.[Cl-].[Cl-].[Cl-].[Ti+4]. The fourth-order valence-electron chi connectivity index (χ4n) is 3.45. The van der Waals surface area contributed by atoms with E-state index in [0.717, 1.165) is 6.42 Å². The van der Waals surface area contributed by atoms with Gasteiger partial charge in [0.25, 0.3) is 0 Å². The minimum Gasteiger partial charge on any atom is -1.00 e. The van der Waals surface area contributed by atoms with Crippen LogP contribution in [0, 0.1) is 0 Å². The van der Waals surface area contributed by atoms with E-state index < -0.39 is 0 Å². The van der Waals surface area contributed by atoms with E-state index in [1.54, 1.807) is 0 Å². The summed E-state index contributed by atoms with van der Waals surface area (Å²) in [5, 5.41) is 0. The molecule has 0 nitrogen and oxygen atoms in total. The van der Waals surface area contributed by atoms with Gasteiger partial charge in [-0.05, 0) is 16.5 Å². The van der Waals surface area contributed by atoms with Gasteiger partial charge in [0.1, 0.15) is 0 Å². The molecule has 3 rings (SSSR count).